The van der Waals surface area contributed by atoms with Crippen LogP contribution in [0.15, 0.2) is 46.9 Å². The quantitative estimate of drug-likeness (QED) is 0.614. The number of rotatable bonds is 6. The van der Waals surface area contributed by atoms with E-state index in [9.17, 15) is 14.7 Å². The number of primary amides is 1. The van der Waals surface area contributed by atoms with Crippen molar-refractivity contribution in [2.45, 2.75) is 31.3 Å². The molecule has 1 heterocycles. The Kier molecular flexibility index (Phi) is 6.64. The highest BCUT2D eigenvalue weighted by Gasteiger charge is 2.35. The predicted molar refractivity (Wildman–Crippen MR) is 113 cm³/mol. The van der Waals surface area contributed by atoms with Gasteiger partial charge < -0.3 is 25.8 Å². The van der Waals surface area contributed by atoms with Crippen LogP contribution in [0.1, 0.15) is 30.0 Å². The number of nitrogens with two attached hydrogens (primary N) is 1. The summed E-state index contributed by atoms with van der Waals surface area (Å²) in [5.41, 5.74) is 7.08. The maximum absolute atomic E-state index is 13.4. The van der Waals surface area contributed by atoms with Gasteiger partial charge in [0.1, 0.15) is 17.5 Å². The summed E-state index contributed by atoms with van der Waals surface area (Å²) in [5, 5.41) is 12.0. The van der Waals surface area contributed by atoms with E-state index < -0.39 is 12.1 Å². The summed E-state index contributed by atoms with van der Waals surface area (Å²) < 4.78 is 6.41. The summed E-state index contributed by atoms with van der Waals surface area (Å²) >= 11 is 3.44. The Hall–Kier alpha value is -2.74. The first kappa shape index (κ1) is 21.0. The number of aromatic hydroxyl groups is 1. The van der Waals surface area contributed by atoms with Gasteiger partial charge in [0, 0.05) is 23.0 Å². The molecule has 1 unspecified atom stereocenters. The number of nitrogens with zero attached hydrogens (tertiary/aromatic N) is 1. The number of nitrogens with one attached hydrogen (secondary N) is 1. The number of ether oxygens (including phenoxy) is 1. The van der Waals surface area contributed by atoms with E-state index >= 15 is 0 Å². The average Bonchev–Trinajstić information content (AvgIpc) is 3.17. The van der Waals surface area contributed by atoms with Gasteiger partial charge in [0.25, 0.3) is 0 Å². The molecule has 1 fully saturated rings. The number of likely N-dealkylation sites (tertiary alicyclic amines) is 1. The molecule has 1 aliphatic heterocycles. The summed E-state index contributed by atoms with van der Waals surface area (Å²) in [6, 6.07) is 10.6. The molecule has 4 N–H and O–H groups in total. The van der Waals surface area contributed by atoms with Crippen LogP contribution < -0.4 is 15.8 Å². The first-order valence-corrected chi connectivity index (χ1v) is 10.2. The highest BCUT2D eigenvalue weighted by molar-refractivity contribution is 9.10. The highest BCUT2D eigenvalue weighted by Crippen LogP contribution is 2.38. The van der Waals surface area contributed by atoms with Crippen molar-refractivity contribution in [1.82, 2.24) is 10.2 Å². The number of hydrogen-bond donors (Lipinski definition) is 3. The smallest absolute Gasteiger partial charge is 0.312 e. The van der Waals surface area contributed by atoms with Crippen molar-refractivity contribution in [3.05, 3.63) is 58.1 Å². The van der Waals surface area contributed by atoms with Gasteiger partial charge in [-0.25, -0.2) is 4.79 Å². The van der Waals surface area contributed by atoms with Crippen LogP contribution in [0.4, 0.5) is 4.79 Å². The zero-order valence-corrected chi connectivity index (χ0v) is 17.7. The predicted octanol–water partition coefficient (Wildman–Crippen LogP) is 3.11. The molecule has 3 rings (SSSR count). The van der Waals surface area contributed by atoms with Gasteiger partial charge in [-0.1, -0.05) is 34.1 Å². The molecule has 1 aliphatic rings. The Morgan fingerprint density at radius 2 is 2.03 bits per heavy atom. The van der Waals surface area contributed by atoms with Crippen LogP contribution in [0.5, 0.6) is 11.5 Å². The number of methoxy groups -OCH3 is 1. The SMILES string of the molecule is COc1cc(Br)ccc1C1CCCN1C(=O)[C@H](Cc1ccc(O)cc1)NC(N)=O. The number of urea groups is 1. The van der Waals surface area contributed by atoms with Crippen molar-refractivity contribution in [3.63, 3.8) is 0 Å². The van der Waals surface area contributed by atoms with Gasteiger partial charge in [-0.05, 0) is 42.7 Å². The number of phenolic OH excluding ortho intramolecular Hbond substituents is 1. The van der Waals surface area contributed by atoms with Crippen molar-refractivity contribution in [1.29, 1.82) is 0 Å². The third-order valence-corrected chi connectivity index (χ3v) is 5.57. The molecule has 0 aromatic heterocycles. The summed E-state index contributed by atoms with van der Waals surface area (Å²) in [6.45, 7) is 0.592. The lowest BCUT2D eigenvalue weighted by molar-refractivity contribution is -0.134. The monoisotopic (exact) mass is 461 g/mol. The molecule has 0 radical (unpaired) electrons. The zero-order valence-electron chi connectivity index (χ0n) is 16.1. The van der Waals surface area contributed by atoms with Crippen molar-refractivity contribution in [3.8, 4) is 11.5 Å². The number of amides is 3. The van der Waals surface area contributed by atoms with Gasteiger partial charge in [0.05, 0.1) is 13.2 Å². The van der Waals surface area contributed by atoms with E-state index in [-0.39, 0.29) is 24.1 Å². The second kappa shape index (κ2) is 9.17. The minimum absolute atomic E-state index is 0.137. The molecule has 7 nitrogen and oxygen atoms in total. The van der Waals surface area contributed by atoms with Crippen LogP contribution in [0.2, 0.25) is 0 Å². The van der Waals surface area contributed by atoms with Gasteiger partial charge in [0.2, 0.25) is 5.91 Å². The maximum Gasteiger partial charge on any atom is 0.312 e. The normalized spacial score (nSPS) is 17.0. The Labute approximate surface area is 178 Å². The van der Waals surface area contributed by atoms with E-state index in [1.807, 2.05) is 18.2 Å². The molecule has 0 saturated carbocycles. The zero-order chi connectivity index (χ0) is 21.0. The van der Waals surface area contributed by atoms with Crippen molar-refractivity contribution < 1.29 is 19.4 Å². The van der Waals surface area contributed by atoms with Crippen molar-refractivity contribution in [2.75, 3.05) is 13.7 Å². The Balaban J connectivity index is 1.85. The molecule has 0 aliphatic carbocycles. The van der Waals surface area contributed by atoms with E-state index in [1.54, 1.807) is 36.3 Å². The fourth-order valence-electron chi connectivity index (χ4n) is 3.75. The molecular weight excluding hydrogens is 438 g/mol. The fourth-order valence-corrected chi connectivity index (χ4v) is 4.09. The molecular formula is C21H24BrN3O4. The number of carbonyl (C=O) groups is 2. The molecule has 29 heavy (non-hydrogen) atoms. The van der Waals surface area contributed by atoms with Crippen LogP contribution >= 0.6 is 15.9 Å². The van der Waals surface area contributed by atoms with E-state index in [2.05, 4.69) is 21.2 Å². The highest BCUT2D eigenvalue weighted by atomic mass is 79.9. The molecule has 1 saturated heterocycles. The van der Waals surface area contributed by atoms with Crippen LogP contribution in [-0.4, -0.2) is 41.6 Å². The molecule has 3 amide bonds. The third kappa shape index (κ3) is 5.00. The maximum atomic E-state index is 13.4. The standard InChI is InChI=1S/C21H24BrN3O4/c1-29-19-12-14(22)6-9-16(19)18-3-2-10-25(18)20(27)17(24-21(23)28)11-13-4-7-15(26)8-5-13/h4-9,12,17-18,26H,2-3,10-11H2,1H3,(H3,23,24,28)/t17-,18?/m0/s1. The number of phenols is 1. The van der Waals surface area contributed by atoms with Crippen molar-refractivity contribution in [2.24, 2.45) is 5.73 Å². The molecule has 8 heteroatoms. The van der Waals surface area contributed by atoms with Gasteiger partial charge in [-0.3, -0.25) is 4.79 Å². The van der Waals surface area contributed by atoms with E-state index in [1.165, 1.54) is 0 Å². The lowest BCUT2D eigenvalue weighted by atomic mass is 10.0. The topological polar surface area (TPSA) is 105 Å². The molecule has 2 aromatic rings. The Morgan fingerprint density at radius 1 is 1.31 bits per heavy atom. The van der Waals surface area contributed by atoms with Crippen LogP contribution in [-0.2, 0) is 11.2 Å². The Bertz CT molecular complexity index is 888. The summed E-state index contributed by atoms with van der Waals surface area (Å²) in [6.07, 6.45) is 1.95. The van der Waals surface area contributed by atoms with Crippen LogP contribution in [0.25, 0.3) is 0 Å². The second-order valence-electron chi connectivity index (χ2n) is 7.01. The van der Waals surface area contributed by atoms with Crippen LogP contribution in [0, 0.1) is 0 Å². The molecule has 154 valence electrons. The van der Waals surface area contributed by atoms with E-state index in [4.69, 9.17) is 10.5 Å². The third-order valence-electron chi connectivity index (χ3n) is 5.08. The van der Waals surface area contributed by atoms with E-state index in [0.717, 1.165) is 28.4 Å². The summed E-state index contributed by atoms with van der Waals surface area (Å²) in [7, 11) is 1.61. The second-order valence-corrected chi connectivity index (χ2v) is 7.92. The van der Waals surface area contributed by atoms with Gasteiger partial charge >= 0.3 is 6.03 Å². The lowest BCUT2D eigenvalue weighted by Gasteiger charge is -2.30. The Morgan fingerprint density at radius 3 is 2.69 bits per heavy atom. The molecule has 2 aromatic carbocycles. The largest absolute Gasteiger partial charge is 0.508 e. The summed E-state index contributed by atoms with van der Waals surface area (Å²) in [5.74, 6) is 0.660. The van der Waals surface area contributed by atoms with Gasteiger partial charge in [0.15, 0.2) is 0 Å². The molecule has 0 spiro atoms. The summed E-state index contributed by atoms with van der Waals surface area (Å²) in [4.78, 5) is 26.7. The van der Waals surface area contributed by atoms with Gasteiger partial charge in [-0.15, -0.1) is 0 Å². The first-order chi connectivity index (χ1) is 13.9. The minimum Gasteiger partial charge on any atom is -0.508 e. The first-order valence-electron chi connectivity index (χ1n) is 9.37. The van der Waals surface area contributed by atoms with Crippen molar-refractivity contribution >= 4 is 27.9 Å². The number of halogens is 1. The van der Waals surface area contributed by atoms with Crippen LogP contribution in [0.3, 0.4) is 0 Å². The van der Waals surface area contributed by atoms with E-state index in [0.29, 0.717) is 12.3 Å². The number of hydrogen-bond acceptors (Lipinski definition) is 4. The molecule has 0 bridgehead atoms. The minimum atomic E-state index is -0.793. The lowest BCUT2D eigenvalue weighted by Crippen LogP contribution is -2.51. The number of carbonyl (C=O) groups excluding carboxylic acids is 2. The average molecular weight is 462 g/mol. The molecule has 2 atom stereocenters. The van der Waals surface area contributed by atoms with Gasteiger partial charge in [-0.2, -0.15) is 0 Å². The fraction of sp³-hybridized carbons (Fsp3) is 0.333. The number of benzene rings is 2.